The molecule has 2 amide bonds. The Kier molecular flexibility index (Phi) is 4.57. The molecule has 6 rings (SSSR count). The van der Waals surface area contributed by atoms with Crippen molar-refractivity contribution in [3.8, 4) is 16.9 Å². The molecule has 2 fully saturated rings. The number of benzene rings is 1. The van der Waals surface area contributed by atoms with Gasteiger partial charge in [-0.25, -0.2) is 14.6 Å². The Balaban J connectivity index is 1.33. The Hall–Kier alpha value is -4.28. The van der Waals surface area contributed by atoms with Crippen LogP contribution in [0.5, 0.6) is 0 Å². The summed E-state index contributed by atoms with van der Waals surface area (Å²) >= 11 is 0. The second kappa shape index (κ2) is 7.65. The van der Waals surface area contributed by atoms with E-state index in [1.807, 2.05) is 25.4 Å². The topological polar surface area (TPSA) is 125 Å². The predicted octanol–water partition coefficient (Wildman–Crippen LogP) is 1.37. The molecule has 2 aliphatic heterocycles. The third-order valence-electron chi connectivity index (χ3n) is 6.64. The number of carbonyl (C=O) groups is 2. The van der Waals surface area contributed by atoms with Crippen LogP contribution in [0.3, 0.4) is 0 Å². The van der Waals surface area contributed by atoms with E-state index in [9.17, 15) is 9.59 Å². The Morgan fingerprint density at radius 3 is 2.79 bits per heavy atom. The standard InChI is InChI=1S/C23H23N9O2/c1-24-21(33)13-3-5-15(6-4-13)31-11-14(9-26-31)19-20-17(28-29-19)10-25-23(27-20)32-16-7-8-18(32)22(34)30(2)12-16/h3-6,9-11,16,18H,7-8,12H2,1-2H3,(H,24,33)(H,28,29). The summed E-state index contributed by atoms with van der Waals surface area (Å²) < 4.78 is 1.73. The lowest BCUT2D eigenvalue weighted by Crippen LogP contribution is -2.56. The fourth-order valence-corrected chi connectivity index (χ4v) is 4.89. The molecule has 1 aromatic carbocycles. The molecule has 0 saturated carbocycles. The van der Waals surface area contributed by atoms with Crippen molar-refractivity contribution in [1.82, 2.24) is 40.2 Å². The van der Waals surface area contributed by atoms with Crippen LogP contribution >= 0.6 is 0 Å². The number of hydrogen-bond donors (Lipinski definition) is 2. The summed E-state index contributed by atoms with van der Waals surface area (Å²) in [7, 11) is 3.46. The maximum atomic E-state index is 12.7. The minimum Gasteiger partial charge on any atom is -0.355 e. The largest absolute Gasteiger partial charge is 0.355 e. The van der Waals surface area contributed by atoms with Crippen LogP contribution in [0, 0.1) is 0 Å². The number of fused-ring (bicyclic) bond motifs is 3. The van der Waals surface area contributed by atoms with Gasteiger partial charge in [-0.05, 0) is 37.1 Å². The van der Waals surface area contributed by atoms with E-state index >= 15 is 0 Å². The fourth-order valence-electron chi connectivity index (χ4n) is 4.89. The molecule has 2 N–H and O–H groups in total. The van der Waals surface area contributed by atoms with Gasteiger partial charge in [0.15, 0.2) is 0 Å². The number of nitrogens with zero attached hydrogens (tertiary/aromatic N) is 7. The molecule has 172 valence electrons. The van der Waals surface area contributed by atoms with E-state index in [1.54, 1.807) is 41.2 Å². The number of aromatic amines is 1. The maximum Gasteiger partial charge on any atom is 0.251 e. The van der Waals surface area contributed by atoms with Crippen LogP contribution in [0.4, 0.5) is 5.95 Å². The van der Waals surface area contributed by atoms with Crippen molar-refractivity contribution in [2.24, 2.45) is 0 Å². The summed E-state index contributed by atoms with van der Waals surface area (Å²) in [6.45, 7) is 0.681. The number of hydrogen-bond acceptors (Lipinski definition) is 7. The van der Waals surface area contributed by atoms with Gasteiger partial charge >= 0.3 is 0 Å². The van der Waals surface area contributed by atoms with Gasteiger partial charge in [-0.3, -0.25) is 14.7 Å². The number of carbonyl (C=O) groups excluding carboxylic acids is 2. The number of likely N-dealkylation sites (N-methyl/N-ethyl adjacent to an activating group) is 1. The molecular formula is C23H23N9O2. The molecule has 5 heterocycles. The van der Waals surface area contributed by atoms with E-state index in [0.29, 0.717) is 34.8 Å². The first-order valence-electron chi connectivity index (χ1n) is 11.2. The van der Waals surface area contributed by atoms with E-state index in [2.05, 4.69) is 30.5 Å². The van der Waals surface area contributed by atoms with Gasteiger partial charge in [0.25, 0.3) is 5.91 Å². The van der Waals surface area contributed by atoms with Gasteiger partial charge in [-0.1, -0.05) is 0 Å². The zero-order valence-electron chi connectivity index (χ0n) is 18.8. The maximum absolute atomic E-state index is 12.7. The molecule has 0 spiro atoms. The van der Waals surface area contributed by atoms with Gasteiger partial charge in [0.05, 0.1) is 24.1 Å². The molecule has 2 saturated heterocycles. The van der Waals surface area contributed by atoms with Crippen LogP contribution < -0.4 is 10.2 Å². The number of anilines is 1. The summed E-state index contributed by atoms with van der Waals surface area (Å²) in [5.74, 6) is 0.538. The number of rotatable bonds is 4. The highest BCUT2D eigenvalue weighted by atomic mass is 16.2. The molecule has 4 aromatic rings. The lowest BCUT2D eigenvalue weighted by atomic mass is 10.2. The first-order chi connectivity index (χ1) is 16.5. The fraction of sp³-hybridized carbons (Fsp3) is 0.304. The van der Waals surface area contributed by atoms with Gasteiger partial charge in [-0.2, -0.15) is 10.2 Å². The van der Waals surface area contributed by atoms with Gasteiger partial charge < -0.3 is 15.1 Å². The molecule has 2 unspecified atom stereocenters. The Labute approximate surface area is 194 Å². The van der Waals surface area contributed by atoms with Gasteiger partial charge in [0.2, 0.25) is 11.9 Å². The average Bonchev–Trinajstić information content (AvgIpc) is 3.58. The summed E-state index contributed by atoms with van der Waals surface area (Å²) in [6, 6.07) is 7.20. The molecule has 11 nitrogen and oxygen atoms in total. The molecule has 0 aliphatic carbocycles. The smallest absolute Gasteiger partial charge is 0.251 e. The number of likely N-dealkylation sites (tertiary alicyclic amines) is 1. The van der Waals surface area contributed by atoms with Gasteiger partial charge in [0.1, 0.15) is 22.8 Å². The third-order valence-corrected chi connectivity index (χ3v) is 6.64. The average molecular weight is 457 g/mol. The molecule has 0 radical (unpaired) electrons. The number of nitrogens with one attached hydrogen (secondary N) is 2. The van der Waals surface area contributed by atoms with Crippen LogP contribution in [0.25, 0.3) is 28.0 Å². The predicted molar refractivity (Wildman–Crippen MR) is 125 cm³/mol. The van der Waals surface area contributed by atoms with Crippen LogP contribution in [-0.4, -0.2) is 79.4 Å². The minimum absolute atomic E-state index is 0.119. The van der Waals surface area contributed by atoms with Crippen molar-refractivity contribution in [2.45, 2.75) is 24.9 Å². The second-order valence-electron chi connectivity index (χ2n) is 8.68. The minimum atomic E-state index is -0.211. The van der Waals surface area contributed by atoms with Crippen LogP contribution in [0.15, 0.2) is 42.9 Å². The molecule has 2 atom stereocenters. The first kappa shape index (κ1) is 20.3. The molecule has 2 aliphatic rings. The molecular weight excluding hydrogens is 434 g/mol. The zero-order chi connectivity index (χ0) is 23.4. The number of H-pyrrole nitrogens is 1. The lowest BCUT2D eigenvalue weighted by Gasteiger charge is -2.38. The van der Waals surface area contributed by atoms with Gasteiger partial charge in [0, 0.05) is 38.0 Å². The van der Waals surface area contributed by atoms with E-state index in [1.165, 1.54) is 0 Å². The number of aromatic nitrogens is 6. The second-order valence-corrected chi connectivity index (χ2v) is 8.68. The highest BCUT2D eigenvalue weighted by molar-refractivity contribution is 5.94. The van der Waals surface area contributed by atoms with Crippen molar-refractivity contribution >= 4 is 28.8 Å². The van der Waals surface area contributed by atoms with Crippen LogP contribution in [0.2, 0.25) is 0 Å². The highest BCUT2D eigenvalue weighted by Crippen LogP contribution is 2.34. The zero-order valence-corrected chi connectivity index (χ0v) is 18.8. The van der Waals surface area contributed by atoms with E-state index in [-0.39, 0.29) is 23.9 Å². The van der Waals surface area contributed by atoms with Crippen LogP contribution in [0.1, 0.15) is 23.2 Å². The Bertz CT molecular complexity index is 1410. The van der Waals surface area contributed by atoms with E-state index in [0.717, 1.165) is 24.1 Å². The summed E-state index contributed by atoms with van der Waals surface area (Å²) in [4.78, 5) is 37.7. The summed E-state index contributed by atoms with van der Waals surface area (Å²) in [6.07, 6.45) is 7.09. The highest BCUT2D eigenvalue weighted by Gasteiger charge is 2.45. The molecule has 2 bridgehead atoms. The van der Waals surface area contributed by atoms with Crippen molar-refractivity contribution < 1.29 is 9.59 Å². The van der Waals surface area contributed by atoms with Crippen molar-refractivity contribution in [3.63, 3.8) is 0 Å². The van der Waals surface area contributed by atoms with Crippen molar-refractivity contribution in [2.75, 3.05) is 25.5 Å². The first-order valence-corrected chi connectivity index (χ1v) is 11.2. The third kappa shape index (κ3) is 3.11. The van der Waals surface area contributed by atoms with E-state index in [4.69, 9.17) is 4.98 Å². The Morgan fingerprint density at radius 2 is 2.00 bits per heavy atom. The number of piperazine rings is 1. The van der Waals surface area contributed by atoms with Crippen LogP contribution in [-0.2, 0) is 4.79 Å². The lowest BCUT2D eigenvalue weighted by molar-refractivity contribution is -0.132. The molecule has 11 heteroatoms. The van der Waals surface area contributed by atoms with Crippen molar-refractivity contribution in [3.05, 3.63) is 48.4 Å². The molecule has 34 heavy (non-hydrogen) atoms. The summed E-state index contributed by atoms with van der Waals surface area (Å²) in [5.41, 5.74) is 4.27. The molecule has 3 aromatic heterocycles. The normalized spacial score (nSPS) is 19.8. The van der Waals surface area contributed by atoms with Gasteiger partial charge in [-0.15, -0.1) is 0 Å². The van der Waals surface area contributed by atoms with E-state index < -0.39 is 0 Å². The van der Waals surface area contributed by atoms with Crippen molar-refractivity contribution in [1.29, 1.82) is 0 Å². The SMILES string of the molecule is CNC(=O)c1ccc(-n2cc(-c3n[nH]c4cnc(N5C6CCC5C(=O)N(C)C6)nc34)cn2)cc1. The Morgan fingerprint density at radius 1 is 1.18 bits per heavy atom. The quantitative estimate of drug-likeness (QED) is 0.474. The monoisotopic (exact) mass is 457 g/mol. The number of amides is 2. The summed E-state index contributed by atoms with van der Waals surface area (Å²) in [5, 5.41) is 14.5.